The first kappa shape index (κ1) is 17.7. The molecule has 1 aliphatic heterocycles. The molecule has 2 aromatic heterocycles. The highest BCUT2D eigenvalue weighted by molar-refractivity contribution is 7.11. The van der Waals surface area contributed by atoms with Crippen LogP contribution in [-0.2, 0) is 11.2 Å². The molecular weight excluding hydrogens is 364 g/mol. The van der Waals surface area contributed by atoms with Gasteiger partial charge in [-0.15, -0.1) is 11.3 Å². The largest absolute Gasteiger partial charge is 0.440 e. The third-order valence-electron chi connectivity index (χ3n) is 4.72. The van der Waals surface area contributed by atoms with Crippen molar-refractivity contribution in [2.75, 3.05) is 26.2 Å². The lowest BCUT2D eigenvalue weighted by atomic mass is 10.3. The molecule has 0 atom stereocenters. The van der Waals surface area contributed by atoms with Gasteiger partial charge in [-0.05, 0) is 25.5 Å². The highest BCUT2D eigenvalue weighted by atomic mass is 32.1. The monoisotopic (exact) mass is 384 g/mol. The summed E-state index contributed by atoms with van der Waals surface area (Å²) in [5, 5.41) is 0. The Morgan fingerprint density at radius 2 is 1.93 bits per heavy atom. The summed E-state index contributed by atoms with van der Waals surface area (Å²) in [7, 11) is 0. The van der Waals surface area contributed by atoms with Crippen LogP contribution in [0.15, 0.2) is 34.2 Å². The lowest BCUT2D eigenvalue weighted by molar-refractivity contribution is -0.130. The van der Waals surface area contributed by atoms with E-state index >= 15 is 0 Å². The number of para-hydroxylation sites is 2. The number of benzene rings is 1. The molecule has 0 unspecified atom stereocenters. The van der Waals surface area contributed by atoms with Crippen LogP contribution in [0.25, 0.3) is 11.1 Å². The van der Waals surface area contributed by atoms with Crippen LogP contribution in [0.5, 0.6) is 0 Å². The first-order valence-corrected chi connectivity index (χ1v) is 9.81. The van der Waals surface area contributed by atoms with Crippen LogP contribution in [-0.4, -0.2) is 57.8 Å². The van der Waals surface area contributed by atoms with Crippen LogP contribution in [0.2, 0.25) is 0 Å². The van der Waals surface area contributed by atoms with E-state index in [1.807, 2.05) is 36.1 Å². The van der Waals surface area contributed by atoms with E-state index < -0.39 is 0 Å². The molecular formula is C19H20N4O3S. The number of aromatic nitrogens is 2. The fraction of sp³-hybridized carbons (Fsp3) is 0.368. The lowest BCUT2D eigenvalue weighted by Crippen LogP contribution is -2.38. The highest BCUT2D eigenvalue weighted by Gasteiger charge is 2.25. The van der Waals surface area contributed by atoms with Gasteiger partial charge in [-0.3, -0.25) is 9.59 Å². The van der Waals surface area contributed by atoms with Gasteiger partial charge in [0.2, 0.25) is 11.8 Å². The van der Waals surface area contributed by atoms with Crippen molar-refractivity contribution in [3.8, 4) is 0 Å². The van der Waals surface area contributed by atoms with E-state index in [1.165, 1.54) is 11.3 Å². The Labute approximate surface area is 160 Å². The molecule has 1 aromatic carbocycles. The van der Waals surface area contributed by atoms with Crippen molar-refractivity contribution in [1.82, 2.24) is 19.8 Å². The van der Waals surface area contributed by atoms with E-state index in [4.69, 9.17) is 4.42 Å². The quantitative estimate of drug-likeness (QED) is 0.693. The first-order valence-electron chi connectivity index (χ1n) is 8.93. The van der Waals surface area contributed by atoms with Crippen LogP contribution in [0, 0.1) is 6.92 Å². The molecule has 1 fully saturated rings. The van der Waals surface area contributed by atoms with Crippen molar-refractivity contribution in [3.63, 3.8) is 0 Å². The number of carbonyl (C=O) groups is 2. The van der Waals surface area contributed by atoms with Gasteiger partial charge in [0.15, 0.2) is 5.58 Å². The molecule has 140 valence electrons. The predicted molar refractivity (Wildman–Crippen MR) is 102 cm³/mol. The third kappa shape index (κ3) is 3.71. The molecule has 3 aromatic rings. The van der Waals surface area contributed by atoms with E-state index in [0.717, 1.165) is 17.6 Å². The van der Waals surface area contributed by atoms with Crippen molar-refractivity contribution < 1.29 is 14.0 Å². The fourth-order valence-electron chi connectivity index (χ4n) is 3.26. The lowest BCUT2D eigenvalue weighted by Gasteiger charge is -2.21. The van der Waals surface area contributed by atoms with Crippen molar-refractivity contribution in [1.29, 1.82) is 0 Å². The minimum atomic E-state index is -0.0233. The second-order valence-electron chi connectivity index (χ2n) is 6.55. The summed E-state index contributed by atoms with van der Waals surface area (Å²) in [6.07, 6.45) is 0.888. The normalized spacial score (nSPS) is 15.1. The number of carbonyl (C=O) groups excluding carboxylic acids is 2. The Morgan fingerprint density at radius 3 is 2.70 bits per heavy atom. The van der Waals surface area contributed by atoms with Gasteiger partial charge in [-0.2, -0.15) is 0 Å². The van der Waals surface area contributed by atoms with Gasteiger partial charge in [0.25, 0.3) is 5.91 Å². The second-order valence-corrected chi connectivity index (χ2v) is 7.40. The Kier molecular flexibility index (Phi) is 4.89. The molecule has 0 radical (unpaired) electrons. The topological polar surface area (TPSA) is 79.5 Å². The highest BCUT2D eigenvalue weighted by Crippen LogP contribution is 2.18. The number of rotatable bonds is 3. The molecule has 4 rings (SSSR count). The molecule has 8 heteroatoms. The van der Waals surface area contributed by atoms with Crippen LogP contribution in [0.3, 0.4) is 0 Å². The van der Waals surface area contributed by atoms with Gasteiger partial charge in [0, 0.05) is 26.2 Å². The summed E-state index contributed by atoms with van der Waals surface area (Å²) in [6, 6.07) is 7.48. The van der Waals surface area contributed by atoms with Crippen molar-refractivity contribution in [2.24, 2.45) is 0 Å². The smallest absolute Gasteiger partial charge is 0.265 e. The Bertz CT molecular complexity index is 947. The molecule has 0 aliphatic carbocycles. The second kappa shape index (κ2) is 7.48. The van der Waals surface area contributed by atoms with Crippen LogP contribution >= 0.6 is 11.3 Å². The van der Waals surface area contributed by atoms with Gasteiger partial charge in [0.1, 0.15) is 16.8 Å². The minimum Gasteiger partial charge on any atom is -0.440 e. The summed E-state index contributed by atoms with van der Waals surface area (Å²) in [5.74, 6) is 0.409. The van der Waals surface area contributed by atoms with Crippen LogP contribution in [0.4, 0.5) is 0 Å². The number of hydrogen-bond donors (Lipinski definition) is 0. The number of fused-ring (bicyclic) bond motifs is 1. The number of thiazole rings is 1. The Morgan fingerprint density at radius 1 is 1.15 bits per heavy atom. The van der Waals surface area contributed by atoms with Gasteiger partial charge in [-0.1, -0.05) is 12.1 Å². The predicted octanol–water partition coefficient (Wildman–Crippen LogP) is 2.51. The van der Waals surface area contributed by atoms with Crippen molar-refractivity contribution in [2.45, 2.75) is 19.8 Å². The van der Waals surface area contributed by atoms with Gasteiger partial charge in [-0.25, -0.2) is 9.97 Å². The van der Waals surface area contributed by atoms with Crippen molar-refractivity contribution >= 4 is 34.3 Å². The molecule has 0 N–H and O–H groups in total. The van der Waals surface area contributed by atoms with Crippen LogP contribution in [0.1, 0.15) is 27.7 Å². The molecule has 27 heavy (non-hydrogen) atoms. The molecule has 7 nitrogen and oxygen atoms in total. The van der Waals surface area contributed by atoms with E-state index in [-0.39, 0.29) is 18.2 Å². The molecule has 3 heterocycles. The maximum atomic E-state index is 12.7. The maximum Gasteiger partial charge on any atom is 0.265 e. The zero-order chi connectivity index (χ0) is 18.8. The first-order chi connectivity index (χ1) is 13.1. The average Bonchev–Trinajstić information content (AvgIpc) is 3.18. The van der Waals surface area contributed by atoms with E-state index in [9.17, 15) is 9.59 Å². The average molecular weight is 384 g/mol. The summed E-state index contributed by atoms with van der Waals surface area (Å²) in [5.41, 5.74) is 3.90. The van der Waals surface area contributed by atoms with E-state index in [0.29, 0.717) is 42.5 Å². The summed E-state index contributed by atoms with van der Waals surface area (Å²) >= 11 is 1.37. The number of nitrogens with zero attached hydrogens (tertiary/aromatic N) is 4. The Hall–Kier alpha value is -2.74. The number of hydrogen-bond acceptors (Lipinski definition) is 6. The van der Waals surface area contributed by atoms with Crippen molar-refractivity contribution in [3.05, 3.63) is 46.2 Å². The summed E-state index contributed by atoms with van der Waals surface area (Å²) in [6.45, 7) is 4.16. The number of amides is 2. The molecule has 1 saturated heterocycles. The molecule has 2 amide bonds. The molecule has 0 spiro atoms. The Balaban J connectivity index is 1.39. The third-order valence-corrected chi connectivity index (χ3v) is 5.63. The number of oxazole rings is 1. The zero-order valence-electron chi connectivity index (χ0n) is 15.1. The van der Waals surface area contributed by atoms with Gasteiger partial charge < -0.3 is 14.2 Å². The summed E-state index contributed by atoms with van der Waals surface area (Å²) in [4.78, 5) is 38.2. The molecule has 0 saturated carbocycles. The van der Waals surface area contributed by atoms with Gasteiger partial charge in [0.05, 0.1) is 11.2 Å². The minimum absolute atomic E-state index is 0.00301. The SMILES string of the molecule is Cc1ncsc1C(=O)N1CCCN(C(=O)Cc2nc3ccccc3o2)CC1. The van der Waals surface area contributed by atoms with Gasteiger partial charge >= 0.3 is 0 Å². The summed E-state index contributed by atoms with van der Waals surface area (Å²) < 4.78 is 5.65. The number of aryl methyl sites for hydroxylation is 1. The molecule has 1 aliphatic rings. The molecule has 0 bridgehead atoms. The maximum absolute atomic E-state index is 12.7. The van der Waals surface area contributed by atoms with E-state index in [1.54, 1.807) is 10.4 Å². The fourth-order valence-corrected chi connectivity index (χ4v) is 4.03. The standard InChI is InChI=1S/C19H20N4O3S/c1-13-18(27-12-20-13)19(25)23-8-4-7-22(9-10-23)17(24)11-16-21-14-5-2-3-6-15(14)26-16/h2-3,5-6,12H,4,7-11H2,1H3. The van der Waals surface area contributed by atoms with E-state index in [2.05, 4.69) is 9.97 Å². The van der Waals surface area contributed by atoms with Crippen LogP contribution < -0.4 is 0 Å². The zero-order valence-corrected chi connectivity index (χ0v) is 15.9.